The van der Waals surface area contributed by atoms with Gasteiger partial charge >= 0.3 is 12.4 Å². The molecule has 3 nitrogen and oxygen atoms in total. The van der Waals surface area contributed by atoms with Crippen LogP contribution in [-0.2, 0) is 9.53 Å². The third-order valence-electron chi connectivity index (χ3n) is 3.36. The monoisotopic (exact) mass is 408 g/mol. The summed E-state index contributed by atoms with van der Waals surface area (Å²) < 4.78 is 85.3. The van der Waals surface area contributed by atoms with Crippen LogP contribution in [-0.4, -0.2) is 25.4 Å². The number of hydrogen-bond acceptors (Lipinski definition) is 3. The van der Waals surface area contributed by atoms with Gasteiger partial charge in [0.05, 0.1) is 6.61 Å². The summed E-state index contributed by atoms with van der Waals surface area (Å²) in [6.07, 6.45) is -10.8. The zero-order valence-corrected chi connectivity index (χ0v) is 15.0. The number of alkyl halides is 6. The Morgan fingerprint density at radius 2 is 1.29 bits per heavy atom. The molecule has 0 aliphatic carbocycles. The molecule has 9 heteroatoms. The molecule has 0 amide bonds. The lowest BCUT2D eigenvalue weighted by atomic mass is 9.98. The smallest absolute Gasteiger partial charge is 0.404 e. The van der Waals surface area contributed by atoms with Crippen molar-refractivity contribution in [3.05, 3.63) is 59.7 Å². The second-order valence-electron chi connectivity index (χ2n) is 5.55. The fourth-order valence-electron chi connectivity index (χ4n) is 2.10. The second kappa shape index (κ2) is 10.0. The maximum Gasteiger partial charge on any atom is 0.404 e. The van der Waals surface area contributed by atoms with Crippen LogP contribution in [0.25, 0.3) is 0 Å². The number of halogens is 6. The molecule has 0 fully saturated rings. The topological polar surface area (TPSA) is 35.5 Å². The van der Waals surface area contributed by atoms with Gasteiger partial charge < -0.3 is 9.47 Å². The Balaban J connectivity index is 0.000000696. The third kappa shape index (κ3) is 7.50. The summed E-state index contributed by atoms with van der Waals surface area (Å²) in [5.41, 5.74) is 0.118. The predicted molar refractivity (Wildman–Crippen MR) is 90.2 cm³/mol. The molecule has 0 saturated heterocycles. The SMILES string of the molecule is CCOC=O.Cc1ccc(Oc2ccc(C(C(F)(F)F)C(F)(F)F)cc2)cc1. The second-order valence-corrected chi connectivity index (χ2v) is 5.55. The van der Waals surface area contributed by atoms with Gasteiger partial charge in [-0.25, -0.2) is 0 Å². The van der Waals surface area contributed by atoms with E-state index in [2.05, 4.69) is 4.74 Å². The molecule has 0 aliphatic heterocycles. The first-order valence-corrected chi connectivity index (χ1v) is 8.02. The summed E-state index contributed by atoms with van der Waals surface area (Å²) in [4.78, 5) is 9.18. The summed E-state index contributed by atoms with van der Waals surface area (Å²) >= 11 is 0. The summed E-state index contributed by atoms with van der Waals surface area (Å²) in [5, 5.41) is 0. The van der Waals surface area contributed by atoms with Gasteiger partial charge in [0.15, 0.2) is 5.92 Å². The van der Waals surface area contributed by atoms with Crippen LogP contribution >= 0.6 is 0 Å². The van der Waals surface area contributed by atoms with E-state index in [4.69, 9.17) is 4.74 Å². The molecule has 0 heterocycles. The minimum absolute atomic E-state index is 0.153. The van der Waals surface area contributed by atoms with Crippen LogP contribution in [0.3, 0.4) is 0 Å². The van der Waals surface area contributed by atoms with Gasteiger partial charge in [-0.2, -0.15) is 26.3 Å². The van der Waals surface area contributed by atoms with Gasteiger partial charge in [-0.05, 0) is 43.7 Å². The molecule has 2 aromatic rings. The molecule has 0 unspecified atom stereocenters. The van der Waals surface area contributed by atoms with Gasteiger partial charge in [-0.1, -0.05) is 29.8 Å². The maximum atomic E-state index is 12.6. The van der Waals surface area contributed by atoms with Crippen molar-refractivity contribution in [3.8, 4) is 11.5 Å². The molecule has 154 valence electrons. The van der Waals surface area contributed by atoms with Crippen LogP contribution in [0.5, 0.6) is 11.5 Å². The van der Waals surface area contributed by atoms with Crippen LogP contribution < -0.4 is 4.74 Å². The number of carbonyl (C=O) groups excluding carboxylic acids is 1. The third-order valence-corrected chi connectivity index (χ3v) is 3.36. The molecule has 0 aliphatic rings. The van der Waals surface area contributed by atoms with Crippen LogP contribution in [0.15, 0.2) is 48.5 Å². The zero-order chi connectivity index (χ0) is 21.4. The lowest BCUT2D eigenvalue weighted by Gasteiger charge is -2.23. The largest absolute Gasteiger partial charge is 0.468 e. The van der Waals surface area contributed by atoms with E-state index in [1.54, 1.807) is 31.2 Å². The van der Waals surface area contributed by atoms with Gasteiger partial charge in [-0.15, -0.1) is 0 Å². The van der Waals surface area contributed by atoms with Crippen LogP contribution in [0, 0.1) is 6.92 Å². The van der Waals surface area contributed by atoms with E-state index in [0.29, 0.717) is 18.8 Å². The molecule has 2 aromatic carbocycles. The highest BCUT2D eigenvalue weighted by Crippen LogP contribution is 2.46. The molecular formula is C19H18F6O3. The van der Waals surface area contributed by atoms with Crippen molar-refractivity contribution in [2.45, 2.75) is 32.1 Å². The number of rotatable bonds is 5. The van der Waals surface area contributed by atoms with E-state index in [9.17, 15) is 31.1 Å². The highest BCUT2D eigenvalue weighted by Gasteiger charge is 2.57. The van der Waals surface area contributed by atoms with Gasteiger partial charge in [0.2, 0.25) is 0 Å². The minimum Gasteiger partial charge on any atom is -0.468 e. The van der Waals surface area contributed by atoms with Crippen molar-refractivity contribution in [1.82, 2.24) is 0 Å². The van der Waals surface area contributed by atoms with Crippen molar-refractivity contribution in [3.63, 3.8) is 0 Å². The van der Waals surface area contributed by atoms with Gasteiger partial charge in [-0.3, -0.25) is 4.79 Å². The summed E-state index contributed by atoms with van der Waals surface area (Å²) in [6.45, 7) is 4.53. The molecule has 2 rings (SSSR count). The quantitative estimate of drug-likeness (QED) is 0.438. The first-order valence-electron chi connectivity index (χ1n) is 8.02. The molecule has 28 heavy (non-hydrogen) atoms. The van der Waals surface area contributed by atoms with Gasteiger partial charge in [0.1, 0.15) is 11.5 Å². The molecule has 0 N–H and O–H groups in total. The fourth-order valence-corrected chi connectivity index (χ4v) is 2.10. The van der Waals surface area contributed by atoms with Crippen LogP contribution in [0.4, 0.5) is 26.3 Å². The Hall–Kier alpha value is -2.71. The first kappa shape index (κ1) is 23.3. The Morgan fingerprint density at radius 1 is 0.857 bits per heavy atom. The molecule has 0 radical (unpaired) electrons. The average Bonchev–Trinajstić information content (AvgIpc) is 2.57. The van der Waals surface area contributed by atoms with Crippen molar-refractivity contribution in [2.24, 2.45) is 0 Å². The van der Waals surface area contributed by atoms with E-state index in [1.165, 1.54) is 0 Å². The van der Waals surface area contributed by atoms with Crippen LogP contribution in [0.2, 0.25) is 0 Å². The molecular weight excluding hydrogens is 390 g/mol. The normalized spacial score (nSPS) is 11.5. The Bertz CT molecular complexity index is 707. The molecule has 0 bridgehead atoms. The summed E-state index contributed by atoms with van der Waals surface area (Å²) in [7, 11) is 0. The molecule has 0 saturated carbocycles. The molecule has 0 spiro atoms. The van der Waals surface area contributed by atoms with E-state index < -0.39 is 23.8 Å². The van der Waals surface area contributed by atoms with E-state index in [1.807, 2.05) is 6.92 Å². The first-order chi connectivity index (χ1) is 13.0. The Labute approximate surface area is 157 Å². The highest BCUT2D eigenvalue weighted by atomic mass is 19.4. The number of hydrogen-bond donors (Lipinski definition) is 0. The average molecular weight is 408 g/mol. The molecule has 0 atom stereocenters. The van der Waals surface area contributed by atoms with Crippen molar-refractivity contribution in [1.29, 1.82) is 0 Å². The van der Waals surface area contributed by atoms with Crippen LogP contribution in [0.1, 0.15) is 24.0 Å². The minimum atomic E-state index is -5.41. The molecule has 0 aromatic heterocycles. The standard InChI is InChI=1S/C16H12F6O.C3H6O2/c1-10-2-6-12(7-3-10)23-13-8-4-11(5-9-13)14(15(17,18)19)16(20,21)22;1-2-5-3-4/h2-9,14H,1H3;3H,2H2,1H3. The van der Waals surface area contributed by atoms with E-state index >= 15 is 0 Å². The number of benzene rings is 2. The van der Waals surface area contributed by atoms with Crippen molar-refractivity contribution >= 4 is 6.47 Å². The number of ether oxygens (including phenoxy) is 2. The lowest BCUT2D eigenvalue weighted by Crippen LogP contribution is -2.34. The van der Waals surface area contributed by atoms with Gasteiger partial charge in [0, 0.05) is 0 Å². The van der Waals surface area contributed by atoms with E-state index in [-0.39, 0.29) is 5.75 Å². The fraction of sp³-hybridized carbons (Fsp3) is 0.316. The predicted octanol–water partition coefficient (Wildman–Crippen LogP) is 6.17. The van der Waals surface area contributed by atoms with Crippen molar-refractivity contribution < 1.29 is 40.6 Å². The van der Waals surface area contributed by atoms with Crippen molar-refractivity contribution in [2.75, 3.05) is 6.61 Å². The lowest BCUT2D eigenvalue weighted by molar-refractivity contribution is -0.253. The Morgan fingerprint density at radius 3 is 1.61 bits per heavy atom. The summed E-state index contributed by atoms with van der Waals surface area (Å²) in [6, 6.07) is 10.6. The summed E-state index contributed by atoms with van der Waals surface area (Å²) in [5.74, 6) is -2.92. The zero-order valence-electron chi connectivity index (χ0n) is 15.0. The number of carbonyl (C=O) groups is 1. The highest BCUT2D eigenvalue weighted by molar-refractivity contribution is 5.37. The number of aryl methyl sites for hydroxylation is 1. The maximum absolute atomic E-state index is 12.6. The van der Waals surface area contributed by atoms with Gasteiger partial charge in [0.25, 0.3) is 6.47 Å². The van der Waals surface area contributed by atoms with E-state index in [0.717, 1.165) is 29.8 Å². The Kier molecular flexibility index (Phi) is 8.34.